The van der Waals surface area contributed by atoms with Crippen LogP contribution in [0.15, 0.2) is 48.5 Å². The first kappa shape index (κ1) is 21.6. The number of carbonyl (C=O) groups excluding carboxylic acids is 3. The molecular weight excluding hydrogens is 406 g/mol. The Morgan fingerprint density at radius 1 is 1.10 bits per heavy atom. The molecule has 1 unspecified atom stereocenters. The number of halogens is 1. The number of piperidine rings is 1. The first-order valence-corrected chi connectivity index (χ1v) is 10.1. The molecule has 1 fully saturated rings. The van der Waals surface area contributed by atoms with E-state index in [2.05, 4.69) is 10.6 Å². The summed E-state index contributed by atoms with van der Waals surface area (Å²) in [6.45, 7) is 1.11. The Bertz CT molecular complexity index is 900. The smallest absolute Gasteiger partial charge is 0.411 e. The second-order valence-electron chi connectivity index (χ2n) is 7.25. The van der Waals surface area contributed by atoms with Gasteiger partial charge in [0, 0.05) is 43.2 Å². The molecule has 7 nitrogen and oxygen atoms in total. The number of benzene rings is 2. The number of ether oxygens (including phenoxy) is 1. The van der Waals surface area contributed by atoms with Crippen LogP contribution in [-0.2, 0) is 27.5 Å². The number of nitrogens with one attached hydrogen (secondary N) is 2. The van der Waals surface area contributed by atoms with Crippen molar-refractivity contribution in [2.75, 3.05) is 18.9 Å². The molecule has 0 spiro atoms. The summed E-state index contributed by atoms with van der Waals surface area (Å²) in [5.41, 5.74) is 2.32. The van der Waals surface area contributed by atoms with Crippen molar-refractivity contribution < 1.29 is 19.1 Å². The number of hydrogen-bond donors (Lipinski definition) is 2. The van der Waals surface area contributed by atoms with Crippen molar-refractivity contribution in [3.63, 3.8) is 0 Å². The third kappa shape index (κ3) is 6.22. The molecule has 2 N–H and O–H groups in total. The summed E-state index contributed by atoms with van der Waals surface area (Å²) in [7, 11) is 1.75. The van der Waals surface area contributed by atoms with Crippen molar-refractivity contribution in [1.82, 2.24) is 10.2 Å². The molecule has 0 bridgehead atoms. The fourth-order valence-corrected chi connectivity index (χ4v) is 3.22. The average molecular weight is 430 g/mol. The predicted molar refractivity (Wildman–Crippen MR) is 114 cm³/mol. The number of hydrogen-bond acceptors (Lipinski definition) is 4. The number of amides is 3. The summed E-state index contributed by atoms with van der Waals surface area (Å²) < 4.78 is 5.18. The highest BCUT2D eigenvalue weighted by Crippen LogP contribution is 2.18. The van der Waals surface area contributed by atoms with Crippen LogP contribution in [-0.4, -0.2) is 36.4 Å². The van der Waals surface area contributed by atoms with E-state index in [-0.39, 0.29) is 30.8 Å². The third-order valence-corrected chi connectivity index (χ3v) is 5.23. The minimum atomic E-state index is -0.557. The highest BCUT2D eigenvalue weighted by Gasteiger charge is 2.28. The van der Waals surface area contributed by atoms with E-state index >= 15 is 0 Å². The summed E-state index contributed by atoms with van der Waals surface area (Å²) in [4.78, 5) is 37.6. The molecule has 158 valence electrons. The lowest BCUT2D eigenvalue weighted by atomic mass is 9.95. The highest BCUT2D eigenvalue weighted by atomic mass is 35.5. The van der Waals surface area contributed by atoms with Crippen LogP contribution in [0.1, 0.15) is 24.0 Å². The minimum absolute atomic E-state index is 0.000208. The number of rotatable bonds is 6. The lowest BCUT2D eigenvalue weighted by Gasteiger charge is -2.27. The van der Waals surface area contributed by atoms with Crippen LogP contribution in [0.5, 0.6) is 0 Å². The van der Waals surface area contributed by atoms with Gasteiger partial charge in [0.05, 0.1) is 0 Å². The Labute approximate surface area is 180 Å². The number of carbonyl (C=O) groups is 3. The van der Waals surface area contributed by atoms with Crippen molar-refractivity contribution in [3.05, 3.63) is 64.7 Å². The van der Waals surface area contributed by atoms with Gasteiger partial charge in [0.15, 0.2) is 0 Å². The predicted octanol–water partition coefficient (Wildman–Crippen LogP) is 3.57. The van der Waals surface area contributed by atoms with Crippen molar-refractivity contribution in [2.24, 2.45) is 5.92 Å². The molecule has 1 saturated heterocycles. The van der Waals surface area contributed by atoms with Crippen LogP contribution in [0.25, 0.3) is 0 Å². The van der Waals surface area contributed by atoms with Crippen molar-refractivity contribution >= 4 is 35.2 Å². The molecule has 0 saturated carbocycles. The Morgan fingerprint density at radius 3 is 2.43 bits per heavy atom. The number of anilines is 1. The monoisotopic (exact) mass is 429 g/mol. The molecule has 8 heteroatoms. The molecule has 1 aliphatic rings. The largest absolute Gasteiger partial charge is 0.444 e. The van der Waals surface area contributed by atoms with E-state index in [1.165, 1.54) is 0 Å². The minimum Gasteiger partial charge on any atom is -0.444 e. The molecule has 1 heterocycles. The van der Waals surface area contributed by atoms with E-state index in [0.717, 1.165) is 11.1 Å². The zero-order chi connectivity index (χ0) is 21.5. The van der Waals surface area contributed by atoms with Crippen LogP contribution in [0.3, 0.4) is 0 Å². The maximum Gasteiger partial charge on any atom is 0.411 e. The van der Waals surface area contributed by atoms with Gasteiger partial charge >= 0.3 is 6.09 Å². The molecule has 3 rings (SSSR count). The normalized spacial score (nSPS) is 16.1. The fraction of sp³-hybridized carbons (Fsp3) is 0.318. The lowest BCUT2D eigenvalue weighted by molar-refractivity contribution is -0.139. The molecule has 1 aliphatic heterocycles. The van der Waals surface area contributed by atoms with Crippen LogP contribution in [0.2, 0.25) is 5.02 Å². The van der Waals surface area contributed by atoms with Crippen LogP contribution in [0.4, 0.5) is 10.5 Å². The van der Waals surface area contributed by atoms with Crippen molar-refractivity contribution in [3.8, 4) is 0 Å². The van der Waals surface area contributed by atoms with Gasteiger partial charge in [-0.15, -0.1) is 0 Å². The van der Waals surface area contributed by atoms with Gasteiger partial charge in [-0.05, 0) is 41.8 Å². The summed E-state index contributed by atoms with van der Waals surface area (Å²) in [5, 5.41) is 6.16. The van der Waals surface area contributed by atoms with E-state index in [4.69, 9.17) is 16.3 Å². The molecular formula is C22H24ClN3O4. The molecule has 3 amide bonds. The van der Waals surface area contributed by atoms with Gasteiger partial charge in [-0.25, -0.2) is 4.79 Å². The Kier molecular flexibility index (Phi) is 7.30. The first-order chi connectivity index (χ1) is 14.4. The zero-order valence-electron chi connectivity index (χ0n) is 16.7. The van der Waals surface area contributed by atoms with E-state index < -0.39 is 6.09 Å². The first-order valence-electron chi connectivity index (χ1n) is 9.69. The standard InChI is InChI=1S/C22H24ClN3O4/c1-26-11-10-17(12-20(26)27)21(28)24-13-15-4-8-19(9-5-15)25-22(29)30-14-16-2-6-18(23)7-3-16/h2-9,17H,10-14H2,1H3,(H,24,28)(H,25,29). The van der Waals surface area contributed by atoms with E-state index in [9.17, 15) is 14.4 Å². The van der Waals surface area contributed by atoms with Gasteiger partial charge in [0.25, 0.3) is 0 Å². The van der Waals surface area contributed by atoms with Gasteiger partial charge < -0.3 is 15.0 Å². The summed E-state index contributed by atoms with van der Waals surface area (Å²) in [5.74, 6) is -0.380. The molecule has 0 aliphatic carbocycles. The van der Waals surface area contributed by atoms with E-state index in [1.54, 1.807) is 48.3 Å². The highest BCUT2D eigenvalue weighted by molar-refractivity contribution is 6.30. The maximum atomic E-state index is 12.3. The average Bonchev–Trinajstić information content (AvgIpc) is 2.74. The molecule has 2 aromatic carbocycles. The maximum absolute atomic E-state index is 12.3. The number of nitrogens with zero attached hydrogens (tertiary/aromatic N) is 1. The molecule has 2 aromatic rings. The second kappa shape index (κ2) is 10.1. The third-order valence-electron chi connectivity index (χ3n) is 4.98. The zero-order valence-corrected chi connectivity index (χ0v) is 17.4. The van der Waals surface area contributed by atoms with Crippen LogP contribution >= 0.6 is 11.6 Å². The van der Waals surface area contributed by atoms with E-state index in [1.807, 2.05) is 12.1 Å². The van der Waals surface area contributed by atoms with Gasteiger partial charge in [0.1, 0.15) is 6.61 Å². The van der Waals surface area contributed by atoms with Gasteiger partial charge in [0.2, 0.25) is 11.8 Å². The Morgan fingerprint density at radius 2 is 1.77 bits per heavy atom. The van der Waals surface area contributed by atoms with Crippen molar-refractivity contribution in [1.29, 1.82) is 0 Å². The number of likely N-dealkylation sites (tertiary alicyclic amines) is 1. The summed E-state index contributed by atoms with van der Waals surface area (Å²) >= 11 is 5.83. The molecule has 1 atom stereocenters. The fourth-order valence-electron chi connectivity index (χ4n) is 3.09. The topological polar surface area (TPSA) is 87.7 Å². The van der Waals surface area contributed by atoms with Crippen LogP contribution in [0, 0.1) is 5.92 Å². The molecule has 0 radical (unpaired) electrons. The second-order valence-corrected chi connectivity index (χ2v) is 7.68. The SMILES string of the molecule is CN1CCC(C(=O)NCc2ccc(NC(=O)OCc3ccc(Cl)cc3)cc2)CC1=O. The van der Waals surface area contributed by atoms with E-state index in [0.29, 0.717) is 30.2 Å². The van der Waals surface area contributed by atoms with Gasteiger partial charge in [-0.2, -0.15) is 0 Å². The summed E-state index contributed by atoms with van der Waals surface area (Å²) in [6.07, 6.45) is 0.371. The van der Waals surface area contributed by atoms with Crippen LogP contribution < -0.4 is 10.6 Å². The Balaban J connectivity index is 1.42. The quantitative estimate of drug-likeness (QED) is 0.734. The molecule has 30 heavy (non-hydrogen) atoms. The summed E-state index contributed by atoms with van der Waals surface area (Å²) in [6, 6.07) is 14.2. The van der Waals surface area contributed by atoms with Crippen molar-refractivity contribution in [2.45, 2.75) is 26.0 Å². The van der Waals surface area contributed by atoms with Gasteiger partial charge in [-0.3, -0.25) is 14.9 Å². The van der Waals surface area contributed by atoms with Gasteiger partial charge in [-0.1, -0.05) is 35.9 Å². The Hall–Kier alpha value is -3.06. The lowest BCUT2D eigenvalue weighted by Crippen LogP contribution is -2.41. The molecule has 0 aromatic heterocycles.